The molecule has 0 N–H and O–H groups in total. The van der Waals surface area contributed by atoms with Crippen LogP contribution in [0.25, 0.3) is 0 Å². The molecule has 1 heteroatoms. The predicted molar refractivity (Wildman–Crippen MR) is 70.1 cm³/mol. The van der Waals surface area contributed by atoms with Crippen molar-refractivity contribution in [2.24, 2.45) is 5.92 Å². The first-order valence-electron chi connectivity index (χ1n) is 6.36. The van der Waals surface area contributed by atoms with Crippen molar-refractivity contribution in [3.8, 4) is 5.75 Å². The topological polar surface area (TPSA) is 9.23 Å². The third-order valence-electron chi connectivity index (χ3n) is 3.03. The second kappa shape index (κ2) is 6.57. The maximum atomic E-state index is 5.69. The van der Waals surface area contributed by atoms with Gasteiger partial charge in [-0.25, -0.2) is 0 Å². The molecule has 0 aliphatic rings. The van der Waals surface area contributed by atoms with E-state index in [1.54, 1.807) is 0 Å². The molecule has 16 heavy (non-hydrogen) atoms. The Balaban J connectivity index is 2.45. The third-order valence-corrected chi connectivity index (χ3v) is 3.03. The molecule has 1 aromatic rings. The molecule has 0 aliphatic heterocycles. The Bertz CT molecular complexity index is 287. The van der Waals surface area contributed by atoms with Gasteiger partial charge in [0, 0.05) is 0 Å². The van der Waals surface area contributed by atoms with Crippen LogP contribution in [0.5, 0.6) is 5.75 Å². The lowest BCUT2D eigenvalue weighted by Gasteiger charge is -2.11. The highest BCUT2D eigenvalue weighted by molar-refractivity contribution is 5.29. The highest BCUT2D eigenvalue weighted by atomic mass is 16.5. The van der Waals surface area contributed by atoms with Crippen molar-refractivity contribution in [3.05, 3.63) is 29.8 Å². The molecular weight excluding hydrogens is 196 g/mol. The van der Waals surface area contributed by atoms with Crippen LogP contribution in [0.4, 0.5) is 0 Å². The van der Waals surface area contributed by atoms with E-state index in [-0.39, 0.29) is 0 Å². The zero-order chi connectivity index (χ0) is 12.0. The van der Waals surface area contributed by atoms with Crippen molar-refractivity contribution in [1.29, 1.82) is 0 Å². The van der Waals surface area contributed by atoms with Crippen LogP contribution >= 0.6 is 0 Å². The van der Waals surface area contributed by atoms with Gasteiger partial charge < -0.3 is 4.74 Å². The summed E-state index contributed by atoms with van der Waals surface area (Å²) in [5.74, 6) is 2.34. The van der Waals surface area contributed by atoms with Crippen LogP contribution in [0.1, 0.15) is 52.0 Å². The minimum Gasteiger partial charge on any atom is -0.494 e. The van der Waals surface area contributed by atoms with Crippen molar-refractivity contribution >= 4 is 0 Å². The quantitative estimate of drug-likeness (QED) is 0.679. The van der Waals surface area contributed by atoms with Crippen molar-refractivity contribution < 1.29 is 4.74 Å². The Morgan fingerprint density at radius 2 is 1.69 bits per heavy atom. The van der Waals surface area contributed by atoms with Crippen LogP contribution in [-0.4, -0.2) is 6.61 Å². The fourth-order valence-corrected chi connectivity index (χ4v) is 1.54. The van der Waals surface area contributed by atoms with E-state index in [9.17, 15) is 0 Å². The molecule has 0 aromatic heterocycles. The summed E-state index contributed by atoms with van der Waals surface area (Å²) in [6.45, 7) is 9.73. The van der Waals surface area contributed by atoms with E-state index in [2.05, 4.69) is 52.0 Å². The highest BCUT2D eigenvalue weighted by Gasteiger charge is 2.02. The maximum Gasteiger partial charge on any atom is 0.119 e. The van der Waals surface area contributed by atoms with Crippen LogP contribution < -0.4 is 4.74 Å². The van der Waals surface area contributed by atoms with E-state index < -0.39 is 0 Å². The summed E-state index contributed by atoms with van der Waals surface area (Å²) in [7, 11) is 0. The van der Waals surface area contributed by atoms with Gasteiger partial charge in [0.25, 0.3) is 0 Å². The normalized spacial score (nSPS) is 12.8. The van der Waals surface area contributed by atoms with Crippen LogP contribution in [0.2, 0.25) is 0 Å². The molecule has 1 atom stereocenters. The van der Waals surface area contributed by atoms with Gasteiger partial charge in [0.2, 0.25) is 0 Å². The van der Waals surface area contributed by atoms with Gasteiger partial charge in [0.15, 0.2) is 0 Å². The minimum atomic E-state index is 0.643. The second-order valence-electron chi connectivity index (χ2n) is 4.91. The summed E-state index contributed by atoms with van der Waals surface area (Å²) in [4.78, 5) is 0. The molecule has 0 amide bonds. The van der Waals surface area contributed by atoms with Crippen LogP contribution in [0, 0.1) is 5.92 Å². The van der Waals surface area contributed by atoms with Gasteiger partial charge in [-0.3, -0.25) is 0 Å². The van der Waals surface area contributed by atoms with Crippen molar-refractivity contribution in [1.82, 2.24) is 0 Å². The van der Waals surface area contributed by atoms with Gasteiger partial charge in [-0.2, -0.15) is 0 Å². The number of ether oxygens (including phenoxy) is 1. The summed E-state index contributed by atoms with van der Waals surface area (Å²) in [5.41, 5.74) is 1.40. The van der Waals surface area contributed by atoms with Gasteiger partial charge >= 0.3 is 0 Å². The Morgan fingerprint density at radius 1 is 1.06 bits per heavy atom. The number of hydrogen-bond acceptors (Lipinski definition) is 1. The lowest BCUT2D eigenvalue weighted by Crippen LogP contribution is -2.01. The number of rotatable bonds is 6. The maximum absolute atomic E-state index is 5.69. The van der Waals surface area contributed by atoms with Crippen molar-refractivity contribution in [2.45, 2.75) is 46.5 Å². The molecule has 0 saturated carbocycles. The van der Waals surface area contributed by atoms with Gasteiger partial charge in [0.1, 0.15) is 5.75 Å². The minimum absolute atomic E-state index is 0.643. The number of hydrogen-bond donors (Lipinski definition) is 0. The van der Waals surface area contributed by atoms with E-state index in [1.807, 2.05) is 0 Å². The predicted octanol–water partition coefficient (Wildman–Crippen LogP) is 4.63. The zero-order valence-electron chi connectivity index (χ0n) is 11.0. The van der Waals surface area contributed by atoms with E-state index >= 15 is 0 Å². The Labute approximate surface area is 99.8 Å². The van der Waals surface area contributed by atoms with Gasteiger partial charge in [0.05, 0.1) is 6.61 Å². The zero-order valence-corrected chi connectivity index (χ0v) is 11.0. The first-order chi connectivity index (χ1) is 7.63. The average molecular weight is 220 g/mol. The van der Waals surface area contributed by atoms with Crippen molar-refractivity contribution in [3.63, 3.8) is 0 Å². The summed E-state index contributed by atoms with van der Waals surface area (Å²) >= 11 is 0. The van der Waals surface area contributed by atoms with Gasteiger partial charge in [-0.15, -0.1) is 0 Å². The van der Waals surface area contributed by atoms with E-state index in [4.69, 9.17) is 4.74 Å². The van der Waals surface area contributed by atoms with Crippen LogP contribution in [0.3, 0.4) is 0 Å². The summed E-state index contributed by atoms with van der Waals surface area (Å²) in [5, 5.41) is 0. The highest BCUT2D eigenvalue weighted by Crippen LogP contribution is 2.21. The van der Waals surface area contributed by atoms with Crippen molar-refractivity contribution in [2.75, 3.05) is 6.61 Å². The molecule has 1 aromatic carbocycles. The fraction of sp³-hybridized carbons (Fsp3) is 0.600. The molecule has 1 unspecified atom stereocenters. The average Bonchev–Trinajstić information content (AvgIpc) is 2.28. The molecule has 90 valence electrons. The Hall–Kier alpha value is -0.980. The van der Waals surface area contributed by atoms with Crippen LogP contribution in [0.15, 0.2) is 24.3 Å². The Kier molecular flexibility index (Phi) is 5.37. The SMILES string of the molecule is CCC(C)c1ccc(OCCC(C)C)cc1. The van der Waals surface area contributed by atoms with E-state index in [1.165, 1.54) is 12.0 Å². The largest absolute Gasteiger partial charge is 0.494 e. The summed E-state index contributed by atoms with van der Waals surface area (Å²) in [6.07, 6.45) is 2.31. The summed E-state index contributed by atoms with van der Waals surface area (Å²) < 4.78 is 5.69. The van der Waals surface area contributed by atoms with E-state index in [0.29, 0.717) is 11.8 Å². The first kappa shape index (κ1) is 13.1. The fourth-order valence-electron chi connectivity index (χ4n) is 1.54. The molecule has 0 bridgehead atoms. The lowest BCUT2D eigenvalue weighted by atomic mass is 9.99. The molecule has 0 aliphatic carbocycles. The Morgan fingerprint density at radius 3 is 2.19 bits per heavy atom. The molecule has 0 fully saturated rings. The van der Waals surface area contributed by atoms with Gasteiger partial charge in [-0.05, 0) is 42.4 Å². The first-order valence-corrected chi connectivity index (χ1v) is 6.36. The molecule has 0 heterocycles. The van der Waals surface area contributed by atoms with Crippen LogP contribution in [-0.2, 0) is 0 Å². The standard InChI is InChI=1S/C15H24O/c1-5-13(4)14-6-8-15(9-7-14)16-11-10-12(2)3/h6-9,12-13H,5,10-11H2,1-4H3. The third kappa shape index (κ3) is 4.26. The molecule has 1 nitrogen and oxygen atoms in total. The number of benzene rings is 1. The monoisotopic (exact) mass is 220 g/mol. The molecular formula is C15H24O. The summed E-state index contributed by atoms with van der Waals surface area (Å²) in [6, 6.07) is 8.53. The molecule has 1 rings (SSSR count). The van der Waals surface area contributed by atoms with E-state index in [0.717, 1.165) is 18.8 Å². The van der Waals surface area contributed by atoms with Gasteiger partial charge in [-0.1, -0.05) is 39.8 Å². The molecule has 0 radical (unpaired) electrons. The second-order valence-corrected chi connectivity index (χ2v) is 4.91. The molecule has 0 spiro atoms. The lowest BCUT2D eigenvalue weighted by molar-refractivity contribution is 0.289. The smallest absolute Gasteiger partial charge is 0.119 e. The molecule has 0 saturated heterocycles.